The molecule has 1 aliphatic heterocycles. The fraction of sp³-hybridized carbons (Fsp3) is 0.279. The normalized spacial score (nSPS) is 31.5. The third-order valence-electron chi connectivity index (χ3n) is 11.8. The molecule has 1 aromatic heterocycles. The summed E-state index contributed by atoms with van der Waals surface area (Å²) in [7, 11) is 0. The number of nitrogens with zero attached hydrogens (tertiary/aromatic N) is 1. The highest BCUT2D eigenvalue weighted by atomic mass is 16.3. The number of allylic oxidation sites excluding steroid dienone is 5. The first kappa shape index (κ1) is 25.8. The lowest BCUT2D eigenvalue weighted by Gasteiger charge is -2.55. The zero-order chi connectivity index (χ0) is 30.1. The molecule has 6 aliphatic rings. The van der Waals surface area contributed by atoms with Crippen molar-refractivity contribution in [3.8, 4) is 11.1 Å². The second kappa shape index (κ2) is 8.81. The van der Waals surface area contributed by atoms with Crippen molar-refractivity contribution >= 4 is 16.5 Å². The SMILES string of the molecule is CC/C=C(/C1=CC2(C)C(C=C1)C1=C=C(C=CC3CC13)N2C12CC1c1ccccc1-c1ccccc12)c1oc2ccccc2c1C. The van der Waals surface area contributed by atoms with Crippen LogP contribution in [0.5, 0.6) is 0 Å². The first-order chi connectivity index (χ1) is 22.0. The van der Waals surface area contributed by atoms with Crippen molar-refractivity contribution in [2.75, 3.05) is 0 Å². The fourth-order valence-electron chi connectivity index (χ4n) is 9.67. The van der Waals surface area contributed by atoms with Gasteiger partial charge in [-0.1, -0.05) is 110 Å². The summed E-state index contributed by atoms with van der Waals surface area (Å²) in [6.45, 7) is 6.96. The quantitative estimate of drug-likeness (QED) is 0.222. The molecule has 10 rings (SSSR count). The maximum Gasteiger partial charge on any atom is 0.138 e. The molecule has 2 nitrogen and oxygen atoms in total. The number of fused-ring (bicyclic) bond motifs is 11. The van der Waals surface area contributed by atoms with E-state index in [1.54, 1.807) is 0 Å². The third kappa shape index (κ3) is 3.31. The monoisotopic (exact) mass is 583 g/mol. The van der Waals surface area contributed by atoms with Gasteiger partial charge in [0, 0.05) is 28.4 Å². The predicted octanol–water partition coefficient (Wildman–Crippen LogP) is 10.4. The summed E-state index contributed by atoms with van der Waals surface area (Å²) in [5, 5.41) is 1.20. The Morgan fingerprint density at radius 3 is 2.64 bits per heavy atom. The second-order valence-corrected chi connectivity index (χ2v) is 14.2. The molecule has 5 aliphatic carbocycles. The van der Waals surface area contributed by atoms with Crippen LogP contribution in [0, 0.1) is 24.7 Å². The highest BCUT2D eigenvalue weighted by Crippen LogP contribution is 2.72. The van der Waals surface area contributed by atoms with Crippen molar-refractivity contribution in [3.63, 3.8) is 0 Å². The second-order valence-electron chi connectivity index (χ2n) is 14.2. The topological polar surface area (TPSA) is 16.4 Å². The van der Waals surface area contributed by atoms with E-state index >= 15 is 0 Å². The first-order valence-electron chi connectivity index (χ1n) is 16.8. The van der Waals surface area contributed by atoms with Crippen LogP contribution < -0.4 is 0 Å². The van der Waals surface area contributed by atoms with Gasteiger partial charge >= 0.3 is 0 Å². The molecule has 2 saturated carbocycles. The van der Waals surface area contributed by atoms with Gasteiger partial charge in [0.2, 0.25) is 0 Å². The molecule has 0 saturated heterocycles. The highest BCUT2D eigenvalue weighted by Gasteiger charge is 2.68. The Kier molecular flexibility index (Phi) is 5.04. The molecule has 0 spiro atoms. The average Bonchev–Trinajstić information content (AvgIpc) is 3.98. The summed E-state index contributed by atoms with van der Waals surface area (Å²) in [4.78, 5) is 2.83. The van der Waals surface area contributed by atoms with Crippen LogP contribution in [0.3, 0.4) is 0 Å². The standard InChI is InChI=1S/C43H37NO/c1-4-11-31(41-26(2)30-12-8-10-17-40(30)45-41)28-19-21-37-36-23-29(20-18-27-22-35(27)36)44(42(37,3)24-28)43-25-39(43)34-15-6-5-13-32(34)33-14-7-9-16-38(33)43/h5-21,24,27,35,37,39H,4,22,25H2,1-3H3/b31-11-. The van der Waals surface area contributed by atoms with Crippen molar-refractivity contribution in [1.82, 2.24) is 4.90 Å². The molecular weight excluding hydrogens is 546 g/mol. The molecule has 220 valence electrons. The van der Waals surface area contributed by atoms with Crippen molar-refractivity contribution in [3.05, 3.63) is 154 Å². The molecule has 0 amide bonds. The van der Waals surface area contributed by atoms with Gasteiger partial charge in [-0.25, -0.2) is 0 Å². The average molecular weight is 584 g/mol. The van der Waals surface area contributed by atoms with Gasteiger partial charge in [-0.15, -0.1) is 0 Å². The molecule has 2 fully saturated rings. The summed E-state index contributed by atoms with van der Waals surface area (Å²) in [6.07, 6.45) is 18.1. The smallest absolute Gasteiger partial charge is 0.138 e. The number of benzene rings is 3. The first-order valence-corrected chi connectivity index (χ1v) is 16.8. The molecule has 2 heteroatoms. The van der Waals surface area contributed by atoms with Crippen LogP contribution in [0.15, 0.2) is 136 Å². The van der Waals surface area contributed by atoms with E-state index in [1.165, 1.54) is 62.0 Å². The molecule has 2 bridgehead atoms. The number of para-hydroxylation sites is 1. The highest BCUT2D eigenvalue weighted by molar-refractivity contribution is 5.91. The Balaban J connectivity index is 1.20. The minimum absolute atomic E-state index is 0.110. The van der Waals surface area contributed by atoms with Crippen LogP contribution in [0.4, 0.5) is 0 Å². The summed E-state index contributed by atoms with van der Waals surface area (Å²) in [5.74, 6) is 2.98. The number of furan rings is 1. The lowest BCUT2D eigenvalue weighted by Crippen LogP contribution is -2.57. The van der Waals surface area contributed by atoms with E-state index in [1.807, 2.05) is 0 Å². The van der Waals surface area contributed by atoms with E-state index < -0.39 is 0 Å². The van der Waals surface area contributed by atoms with Crippen LogP contribution in [0.2, 0.25) is 0 Å². The van der Waals surface area contributed by atoms with E-state index in [2.05, 4.69) is 141 Å². The molecule has 4 aromatic rings. The molecule has 2 heterocycles. The fourth-order valence-corrected chi connectivity index (χ4v) is 9.67. The Bertz CT molecular complexity index is 2160. The minimum Gasteiger partial charge on any atom is -0.456 e. The molecule has 6 atom stereocenters. The lowest BCUT2D eigenvalue weighted by molar-refractivity contribution is 0.0854. The summed E-state index contributed by atoms with van der Waals surface area (Å²) in [6, 6.07) is 26.8. The van der Waals surface area contributed by atoms with Crippen molar-refractivity contribution in [2.24, 2.45) is 17.8 Å². The summed E-state index contributed by atoms with van der Waals surface area (Å²) >= 11 is 0. The van der Waals surface area contributed by atoms with E-state index in [0.717, 1.165) is 24.2 Å². The van der Waals surface area contributed by atoms with E-state index in [4.69, 9.17) is 4.42 Å². The van der Waals surface area contributed by atoms with Gasteiger partial charge < -0.3 is 9.32 Å². The molecule has 45 heavy (non-hydrogen) atoms. The van der Waals surface area contributed by atoms with E-state index in [9.17, 15) is 0 Å². The molecular formula is C43H37NO. The molecule has 0 radical (unpaired) electrons. The number of aryl methyl sites for hydroxylation is 1. The Morgan fingerprint density at radius 1 is 0.978 bits per heavy atom. The number of hydrogen-bond acceptors (Lipinski definition) is 2. The van der Waals surface area contributed by atoms with Crippen LogP contribution in [0.1, 0.15) is 61.5 Å². The lowest BCUT2D eigenvalue weighted by atomic mass is 9.68. The molecule has 6 unspecified atom stereocenters. The minimum atomic E-state index is -0.261. The largest absolute Gasteiger partial charge is 0.456 e. The van der Waals surface area contributed by atoms with Crippen LogP contribution in [-0.2, 0) is 5.54 Å². The van der Waals surface area contributed by atoms with Crippen molar-refractivity contribution in [2.45, 2.75) is 57.0 Å². The van der Waals surface area contributed by atoms with Gasteiger partial charge in [0.25, 0.3) is 0 Å². The van der Waals surface area contributed by atoms with Crippen LogP contribution >= 0.6 is 0 Å². The number of rotatable bonds is 4. The third-order valence-corrected chi connectivity index (χ3v) is 11.8. The molecule has 0 N–H and O–H groups in total. The number of hydrogen-bond donors (Lipinski definition) is 0. The molecule has 3 aromatic carbocycles. The summed E-state index contributed by atoms with van der Waals surface area (Å²) < 4.78 is 6.62. The van der Waals surface area contributed by atoms with E-state index in [0.29, 0.717) is 17.8 Å². The zero-order valence-corrected chi connectivity index (χ0v) is 26.2. The van der Waals surface area contributed by atoms with Crippen LogP contribution in [-0.4, -0.2) is 10.4 Å². The Hall–Kier alpha value is -4.52. The summed E-state index contributed by atoms with van der Waals surface area (Å²) in [5.41, 5.74) is 16.9. The maximum atomic E-state index is 6.62. The van der Waals surface area contributed by atoms with E-state index in [-0.39, 0.29) is 17.0 Å². The maximum absolute atomic E-state index is 6.62. The van der Waals surface area contributed by atoms with Gasteiger partial charge in [0.05, 0.1) is 16.8 Å². The zero-order valence-electron chi connectivity index (χ0n) is 26.2. The van der Waals surface area contributed by atoms with Crippen LogP contribution in [0.25, 0.3) is 27.7 Å². The van der Waals surface area contributed by atoms with Gasteiger partial charge in [0.1, 0.15) is 11.3 Å². The van der Waals surface area contributed by atoms with Gasteiger partial charge in [-0.05, 0) is 90.5 Å². The Labute approximate surface area is 265 Å². The Morgan fingerprint density at radius 2 is 1.78 bits per heavy atom. The van der Waals surface area contributed by atoms with Gasteiger partial charge in [-0.3, -0.25) is 0 Å². The van der Waals surface area contributed by atoms with Gasteiger partial charge in [0.15, 0.2) is 0 Å². The van der Waals surface area contributed by atoms with Gasteiger partial charge in [-0.2, -0.15) is 0 Å². The predicted molar refractivity (Wildman–Crippen MR) is 182 cm³/mol. The van der Waals surface area contributed by atoms with Crippen molar-refractivity contribution < 1.29 is 4.42 Å². The van der Waals surface area contributed by atoms with Crippen molar-refractivity contribution in [1.29, 1.82) is 0 Å².